The summed E-state index contributed by atoms with van der Waals surface area (Å²) in [4.78, 5) is 20.9. The fraction of sp³-hybridized carbons (Fsp3) is 0. The first-order valence-corrected chi connectivity index (χ1v) is 6.97. The van der Waals surface area contributed by atoms with Crippen LogP contribution in [0.3, 0.4) is 0 Å². The predicted octanol–water partition coefficient (Wildman–Crippen LogP) is 3.21. The first-order chi connectivity index (χ1) is 10.9. The molecule has 2 aromatic carbocycles. The van der Waals surface area contributed by atoms with E-state index in [9.17, 15) is 20.0 Å². The minimum atomic E-state index is -1.04. The average molecular weight is 380 g/mol. The summed E-state index contributed by atoms with van der Waals surface area (Å²) in [7, 11) is 0. The van der Waals surface area contributed by atoms with Gasteiger partial charge in [-0.3, -0.25) is 15.5 Å². The molecule has 0 fully saturated rings. The monoisotopic (exact) mass is 379 g/mol. The molecule has 0 saturated carbocycles. The highest BCUT2D eigenvalue weighted by atomic mass is 79.9. The number of rotatable bonds is 5. The van der Waals surface area contributed by atoms with Gasteiger partial charge in [-0.15, -0.1) is 0 Å². The zero-order valence-corrected chi connectivity index (χ0v) is 13.0. The summed E-state index contributed by atoms with van der Waals surface area (Å²) < 4.78 is 0.180. The fourth-order valence-corrected chi connectivity index (χ4v) is 2.14. The number of halogens is 1. The molecule has 2 aromatic rings. The number of nitrogens with zero attached hydrogens (tertiary/aromatic N) is 2. The third-order valence-corrected chi connectivity index (χ3v) is 3.42. The highest BCUT2D eigenvalue weighted by Gasteiger charge is 2.13. The van der Waals surface area contributed by atoms with Gasteiger partial charge in [-0.2, -0.15) is 5.10 Å². The number of benzene rings is 2. The molecule has 8 nitrogen and oxygen atoms in total. The number of hydrogen-bond donors (Lipinski definition) is 3. The minimum Gasteiger partial charge on any atom is -0.506 e. The number of phenols is 1. The van der Waals surface area contributed by atoms with Crippen LogP contribution in [0.1, 0.15) is 15.9 Å². The van der Waals surface area contributed by atoms with Crippen molar-refractivity contribution in [3.63, 3.8) is 0 Å². The molecule has 0 heterocycles. The zero-order chi connectivity index (χ0) is 17.0. The molecule has 0 bridgehead atoms. The number of non-ortho nitro benzene ring substituents is 1. The Morgan fingerprint density at radius 2 is 1.96 bits per heavy atom. The van der Waals surface area contributed by atoms with Crippen LogP contribution in [-0.2, 0) is 0 Å². The Hall–Kier alpha value is -2.94. The van der Waals surface area contributed by atoms with Crippen LogP contribution in [-0.4, -0.2) is 27.3 Å². The molecule has 9 heteroatoms. The number of nitro benzene ring substituents is 1. The van der Waals surface area contributed by atoms with Crippen molar-refractivity contribution in [2.45, 2.75) is 0 Å². The van der Waals surface area contributed by atoms with Crippen molar-refractivity contribution in [2.24, 2.45) is 5.10 Å². The normalized spacial score (nSPS) is 10.7. The van der Waals surface area contributed by atoms with Crippen molar-refractivity contribution in [3.8, 4) is 5.75 Å². The Morgan fingerprint density at radius 1 is 1.30 bits per heavy atom. The molecular weight excluding hydrogens is 370 g/mol. The van der Waals surface area contributed by atoms with E-state index in [0.29, 0.717) is 5.69 Å². The number of nitrogens with one attached hydrogen (secondary N) is 1. The predicted molar refractivity (Wildman–Crippen MR) is 87.1 cm³/mol. The van der Waals surface area contributed by atoms with E-state index in [4.69, 9.17) is 5.11 Å². The van der Waals surface area contributed by atoms with E-state index < -0.39 is 10.9 Å². The third kappa shape index (κ3) is 4.04. The Balaban J connectivity index is 2.17. The van der Waals surface area contributed by atoms with E-state index in [2.05, 4.69) is 26.5 Å². The van der Waals surface area contributed by atoms with Gasteiger partial charge >= 0.3 is 5.97 Å². The summed E-state index contributed by atoms with van der Waals surface area (Å²) in [6.07, 6.45) is 1.22. The molecule has 0 aliphatic rings. The maximum absolute atomic E-state index is 10.8. The summed E-state index contributed by atoms with van der Waals surface area (Å²) in [5.41, 5.74) is 3.26. The Bertz CT molecular complexity index is 790. The van der Waals surface area contributed by atoms with Gasteiger partial charge < -0.3 is 10.2 Å². The van der Waals surface area contributed by atoms with E-state index in [1.807, 2.05) is 0 Å². The summed E-state index contributed by atoms with van der Waals surface area (Å²) in [6.45, 7) is 0. The van der Waals surface area contributed by atoms with Gasteiger partial charge in [-0.1, -0.05) is 0 Å². The van der Waals surface area contributed by atoms with Crippen LogP contribution in [0.15, 0.2) is 46.0 Å². The van der Waals surface area contributed by atoms with Gasteiger partial charge in [0.15, 0.2) is 0 Å². The molecule has 0 atom stereocenters. The average Bonchev–Trinajstić information content (AvgIpc) is 2.51. The van der Waals surface area contributed by atoms with E-state index in [0.717, 1.165) is 0 Å². The van der Waals surface area contributed by atoms with Crippen LogP contribution in [0.25, 0.3) is 0 Å². The highest BCUT2D eigenvalue weighted by molar-refractivity contribution is 9.10. The molecule has 0 aliphatic heterocycles. The molecule has 0 spiro atoms. The second-order valence-corrected chi connectivity index (χ2v) is 5.23. The van der Waals surface area contributed by atoms with Gasteiger partial charge in [0.05, 0.1) is 26.9 Å². The van der Waals surface area contributed by atoms with Gasteiger partial charge in [0, 0.05) is 17.7 Å². The summed E-state index contributed by atoms with van der Waals surface area (Å²) in [5, 5.41) is 33.3. The SMILES string of the molecule is O=C(O)c1ccc(N/N=C\c2cc([N+](=O)[O-])cc(Br)c2O)cc1. The first kappa shape index (κ1) is 16.4. The van der Waals surface area contributed by atoms with E-state index >= 15 is 0 Å². The lowest BCUT2D eigenvalue weighted by molar-refractivity contribution is -0.385. The van der Waals surface area contributed by atoms with Crippen LogP contribution >= 0.6 is 15.9 Å². The lowest BCUT2D eigenvalue weighted by atomic mass is 10.2. The van der Waals surface area contributed by atoms with Crippen LogP contribution in [0.2, 0.25) is 0 Å². The molecule has 23 heavy (non-hydrogen) atoms. The van der Waals surface area contributed by atoms with Crippen LogP contribution in [0.4, 0.5) is 11.4 Å². The number of phenolic OH excluding ortho intramolecular Hbond substituents is 1. The zero-order valence-electron chi connectivity index (χ0n) is 11.4. The Kier molecular flexibility index (Phi) is 4.91. The van der Waals surface area contributed by atoms with Crippen molar-refractivity contribution in [1.29, 1.82) is 0 Å². The van der Waals surface area contributed by atoms with Gasteiger partial charge in [0.25, 0.3) is 5.69 Å². The van der Waals surface area contributed by atoms with Crippen molar-refractivity contribution in [1.82, 2.24) is 0 Å². The molecule has 0 aromatic heterocycles. The highest BCUT2D eigenvalue weighted by Crippen LogP contribution is 2.31. The number of hydrazone groups is 1. The minimum absolute atomic E-state index is 0.139. The molecule has 0 unspecified atom stereocenters. The van der Waals surface area contributed by atoms with Crippen molar-refractivity contribution in [2.75, 3.05) is 5.43 Å². The molecule has 2 rings (SSSR count). The first-order valence-electron chi connectivity index (χ1n) is 6.18. The number of carboxylic acids is 1. The van der Waals surface area contributed by atoms with Crippen LogP contribution < -0.4 is 5.43 Å². The van der Waals surface area contributed by atoms with Crippen LogP contribution in [0.5, 0.6) is 5.75 Å². The van der Waals surface area contributed by atoms with Crippen molar-refractivity contribution in [3.05, 3.63) is 62.1 Å². The molecular formula is C14H10BrN3O5. The Labute approximate surface area is 138 Å². The topological polar surface area (TPSA) is 125 Å². The largest absolute Gasteiger partial charge is 0.506 e. The van der Waals surface area contributed by atoms with Crippen molar-refractivity contribution < 1.29 is 19.9 Å². The lowest BCUT2D eigenvalue weighted by Crippen LogP contribution is -1.97. The van der Waals surface area contributed by atoms with E-state index in [-0.39, 0.29) is 27.0 Å². The smallest absolute Gasteiger partial charge is 0.335 e. The maximum Gasteiger partial charge on any atom is 0.335 e. The maximum atomic E-state index is 10.8. The standard InChI is InChI=1S/C14H10BrN3O5/c15-12-6-11(18(22)23)5-9(13(12)19)7-16-17-10-3-1-8(2-4-10)14(20)21/h1-7,17,19H,(H,20,21)/b16-7-. The summed E-state index contributed by atoms with van der Waals surface area (Å²) >= 11 is 3.03. The molecule has 118 valence electrons. The van der Waals surface area contributed by atoms with Crippen molar-refractivity contribution >= 4 is 39.5 Å². The van der Waals surface area contributed by atoms with Gasteiger partial charge in [0.1, 0.15) is 5.75 Å². The fourth-order valence-electron chi connectivity index (χ4n) is 1.67. The van der Waals surface area contributed by atoms with E-state index in [1.54, 1.807) is 0 Å². The summed E-state index contributed by atoms with van der Waals surface area (Å²) in [6, 6.07) is 8.21. The Morgan fingerprint density at radius 3 is 2.52 bits per heavy atom. The lowest BCUT2D eigenvalue weighted by Gasteiger charge is -2.03. The number of aromatic hydroxyl groups is 1. The molecule has 3 N–H and O–H groups in total. The van der Waals surface area contributed by atoms with Crippen LogP contribution in [0, 0.1) is 10.1 Å². The van der Waals surface area contributed by atoms with Gasteiger partial charge in [-0.05, 0) is 40.2 Å². The number of hydrogen-bond acceptors (Lipinski definition) is 6. The number of carboxylic acid groups (broad SMARTS) is 1. The molecule has 0 aliphatic carbocycles. The molecule has 0 amide bonds. The second-order valence-electron chi connectivity index (χ2n) is 4.38. The number of nitro groups is 1. The van der Waals surface area contributed by atoms with Gasteiger partial charge in [-0.25, -0.2) is 4.79 Å². The number of carbonyl (C=O) groups is 1. The molecule has 0 saturated heterocycles. The number of anilines is 1. The summed E-state index contributed by atoms with van der Waals surface area (Å²) in [5.74, 6) is -1.21. The third-order valence-electron chi connectivity index (χ3n) is 2.82. The quantitative estimate of drug-likeness (QED) is 0.416. The second kappa shape index (κ2) is 6.88. The molecule has 0 radical (unpaired) electrons. The van der Waals surface area contributed by atoms with E-state index in [1.165, 1.54) is 42.6 Å². The van der Waals surface area contributed by atoms with Gasteiger partial charge in [0.2, 0.25) is 0 Å². The number of aromatic carboxylic acids is 1.